The lowest BCUT2D eigenvalue weighted by Crippen LogP contribution is -2.51. The van der Waals surface area contributed by atoms with Crippen LogP contribution in [0, 0.1) is 5.92 Å². The molecule has 2 aliphatic rings. The summed E-state index contributed by atoms with van der Waals surface area (Å²) in [7, 11) is 0. The van der Waals surface area contributed by atoms with E-state index >= 15 is 0 Å². The van der Waals surface area contributed by atoms with Crippen LogP contribution < -0.4 is 20.9 Å². The van der Waals surface area contributed by atoms with E-state index in [1.165, 1.54) is 23.1 Å². The van der Waals surface area contributed by atoms with Gasteiger partial charge in [-0.25, -0.2) is 13.2 Å². The second-order valence-electron chi connectivity index (χ2n) is 12.3. The number of amides is 2. The van der Waals surface area contributed by atoms with Gasteiger partial charge < -0.3 is 24.8 Å². The highest BCUT2D eigenvalue weighted by molar-refractivity contribution is 6.05. The molecule has 1 aliphatic heterocycles. The number of aromatic nitrogens is 2. The Kier molecular flexibility index (Phi) is 9.62. The molecule has 3 heterocycles. The summed E-state index contributed by atoms with van der Waals surface area (Å²) in [6.45, 7) is 8.76. The Morgan fingerprint density at radius 2 is 1.78 bits per heavy atom. The van der Waals surface area contributed by atoms with Crippen LogP contribution in [-0.4, -0.2) is 58.2 Å². The number of nitrogens with zero attached hydrogens (tertiary/aromatic N) is 3. The van der Waals surface area contributed by atoms with Gasteiger partial charge in [-0.15, -0.1) is 0 Å². The van der Waals surface area contributed by atoms with Gasteiger partial charge in [0, 0.05) is 36.0 Å². The molecule has 1 aliphatic carbocycles. The number of benzene rings is 1. The van der Waals surface area contributed by atoms with Crippen LogP contribution >= 0.6 is 0 Å². The molecule has 45 heavy (non-hydrogen) atoms. The van der Waals surface area contributed by atoms with Crippen molar-refractivity contribution in [3.63, 3.8) is 0 Å². The quantitative estimate of drug-likeness (QED) is 0.265. The number of hydrogen-bond donors (Lipinski definition) is 2. The highest BCUT2D eigenvalue weighted by Gasteiger charge is 2.33. The van der Waals surface area contributed by atoms with Gasteiger partial charge in [-0.05, 0) is 74.0 Å². The normalized spacial score (nSPS) is 15.1. The lowest BCUT2D eigenvalue weighted by molar-refractivity contribution is 0.0400. The standard InChI is InChI=1S/C33H38F3N5O4/c1-18(2)13-37-14-20-9-27(33(44)41(15-20)24-6-7-24)31(42)39-28-11-22(12-29(38-28)45-19(3)4)25-8-5-21(30(35)36)10-26(25)32(43)40-16-23(34)17-40/h5,8-12,15,18-19,23-24,30,37H,6-7,13-14,16-17H2,1-4H3,(H,38,39,42). The fourth-order valence-corrected chi connectivity index (χ4v) is 5.15. The minimum absolute atomic E-state index is 0.0346. The lowest BCUT2D eigenvalue weighted by atomic mass is 9.96. The molecular formula is C33H38F3N5O4. The van der Waals surface area contributed by atoms with Crippen LogP contribution in [0.5, 0.6) is 5.88 Å². The van der Waals surface area contributed by atoms with Crippen LogP contribution in [0.4, 0.5) is 19.0 Å². The Bertz CT molecular complexity index is 1630. The number of alkyl halides is 3. The second-order valence-corrected chi connectivity index (χ2v) is 12.3. The van der Waals surface area contributed by atoms with Crippen molar-refractivity contribution >= 4 is 17.6 Å². The Morgan fingerprint density at radius 1 is 1.04 bits per heavy atom. The first-order chi connectivity index (χ1) is 21.4. The van der Waals surface area contributed by atoms with Gasteiger partial charge in [-0.1, -0.05) is 26.0 Å². The molecule has 0 radical (unpaired) electrons. The van der Waals surface area contributed by atoms with E-state index in [4.69, 9.17) is 4.74 Å². The Hall–Kier alpha value is -4.19. The van der Waals surface area contributed by atoms with Crippen LogP contribution in [0.2, 0.25) is 0 Å². The molecule has 3 aromatic rings. The largest absolute Gasteiger partial charge is 0.475 e. The minimum Gasteiger partial charge on any atom is -0.475 e. The third kappa shape index (κ3) is 7.73. The van der Waals surface area contributed by atoms with Crippen molar-refractivity contribution in [3.8, 4) is 17.0 Å². The molecule has 0 atom stereocenters. The molecule has 2 amide bonds. The molecule has 0 bridgehead atoms. The third-order valence-electron chi connectivity index (χ3n) is 7.53. The summed E-state index contributed by atoms with van der Waals surface area (Å²) in [5.74, 6) is -0.670. The molecule has 0 unspecified atom stereocenters. The van der Waals surface area contributed by atoms with E-state index in [0.717, 1.165) is 31.0 Å². The van der Waals surface area contributed by atoms with Crippen LogP contribution in [0.25, 0.3) is 11.1 Å². The Labute approximate surface area is 259 Å². The first kappa shape index (κ1) is 32.2. The SMILES string of the molecule is CC(C)CNCc1cc(C(=O)Nc2cc(-c3ccc(C(F)F)cc3C(=O)N3CC(F)C3)cc(OC(C)C)n2)c(=O)n(C2CC2)c1. The number of carbonyl (C=O) groups excluding carboxylic acids is 2. The zero-order valence-corrected chi connectivity index (χ0v) is 25.8. The molecule has 12 heteroatoms. The van der Waals surface area contributed by atoms with Crippen LogP contribution in [0.15, 0.2) is 47.4 Å². The molecule has 2 N–H and O–H groups in total. The van der Waals surface area contributed by atoms with Crippen molar-refractivity contribution < 1.29 is 27.5 Å². The smallest absolute Gasteiger partial charge is 0.263 e. The number of carbonyl (C=O) groups is 2. The maximum atomic E-state index is 13.6. The van der Waals surface area contributed by atoms with E-state index in [1.54, 1.807) is 36.7 Å². The fraction of sp³-hybridized carbons (Fsp3) is 0.455. The number of ether oxygens (including phenoxy) is 1. The zero-order valence-electron chi connectivity index (χ0n) is 25.8. The highest BCUT2D eigenvalue weighted by Crippen LogP contribution is 2.35. The predicted octanol–water partition coefficient (Wildman–Crippen LogP) is 5.76. The summed E-state index contributed by atoms with van der Waals surface area (Å²) < 4.78 is 48.3. The first-order valence-electron chi connectivity index (χ1n) is 15.2. The van der Waals surface area contributed by atoms with E-state index in [-0.39, 0.29) is 59.2 Å². The van der Waals surface area contributed by atoms with Crippen molar-refractivity contribution in [2.24, 2.45) is 5.92 Å². The molecule has 2 aromatic heterocycles. The van der Waals surface area contributed by atoms with Gasteiger partial charge in [0.05, 0.1) is 19.2 Å². The van der Waals surface area contributed by atoms with Crippen LogP contribution in [0.3, 0.4) is 0 Å². The summed E-state index contributed by atoms with van der Waals surface area (Å²) in [6, 6.07) is 8.36. The number of halogens is 3. The Balaban J connectivity index is 1.51. The topological polar surface area (TPSA) is 106 Å². The van der Waals surface area contributed by atoms with Crippen molar-refractivity contribution in [2.75, 3.05) is 25.0 Å². The lowest BCUT2D eigenvalue weighted by Gasteiger charge is -2.35. The maximum Gasteiger partial charge on any atom is 0.263 e. The molecule has 1 saturated heterocycles. The molecule has 2 fully saturated rings. The first-order valence-corrected chi connectivity index (χ1v) is 15.2. The number of rotatable bonds is 12. The van der Waals surface area contributed by atoms with Crippen LogP contribution in [-0.2, 0) is 6.54 Å². The number of anilines is 1. The van der Waals surface area contributed by atoms with Gasteiger partial charge in [0.2, 0.25) is 5.88 Å². The number of pyridine rings is 2. The van der Waals surface area contributed by atoms with Gasteiger partial charge in [0.1, 0.15) is 17.6 Å². The van der Waals surface area contributed by atoms with Gasteiger partial charge in [0.15, 0.2) is 0 Å². The minimum atomic E-state index is -2.82. The molecule has 5 rings (SSSR count). The molecule has 240 valence electrons. The summed E-state index contributed by atoms with van der Waals surface area (Å²) in [4.78, 5) is 45.9. The van der Waals surface area contributed by atoms with E-state index in [0.29, 0.717) is 18.0 Å². The highest BCUT2D eigenvalue weighted by atomic mass is 19.3. The summed E-state index contributed by atoms with van der Waals surface area (Å²) in [5.41, 5.74) is 0.602. The summed E-state index contributed by atoms with van der Waals surface area (Å²) >= 11 is 0. The van der Waals surface area contributed by atoms with Gasteiger partial charge >= 0.3 is 0 Å². The van der Waals surface area contributed by atoms with E-state index < -0.39 is 30.0 Å². The second kappa shape index (κ2) is 13.4. The van der Waals surface area contributed by atoms with Crippen LogP contribution in [0.1, 0.15) is 84.8 Å². The van der Waals surface area contributed by atoms with Gasteiger partial charge in [-0.3, -0.25) is 14.4 Å². The van der Waals surface area contributed by atoms with Crippen molar-refractivity contribution in [1.82, 2.24) is 19.8 Å². The monoisotopic (exact) mass is 625 g/mol. The molecule has 9 nitrogen and oxygen atoms in total. The maximum absolute atomic E-state index is 13.6. The third-order valence-corrected chi connectivity index (χ3v) is 7.53. The van der Waals surface area contributed by atoms with Crippen molar-refractivity contribution in [3.05, 3.63) is 75.2 Å². The molecule has 0 spiro atoms. The average Bonchev–Trinajstić information content (AvgIpc) is 3.80. The molecular weight excluding hydrogens is 587 g/mol. The average molecular weight is 626 g/mol. The van der Waals surface area contributed by atoms with E-state index in [1.807, 2.05) is 0 Å². The van der Waals surface area contributed by atoms with Crippen molar-refractivity contribution in [2.45, 2.75) is 71.8 Å². The summed E-state index contributed by atoms with van der Waals surface area (Å²) in [6.07, 6.45) is -0.780. The van der Waals surface area contributed by atoms with E-state index in [2.05, 4.69) is 29.5 Å². The van der Waals surface area contributed by atoms with Crippen molar-refractivity contribution in [1.29, 1.82) is 0 Å². The summed E-state index contributed by atoms with van der Waals surface area (Å²) in [5, 5.41) is 6.05. The fourth-order valence-electron chi connectivity index (χ4n) is 5.15. The van der Waals surface area contributed by atoms with E-state index in [9.17, 15) is 27.6 Å². The Morgan fingerprint density at radius 3 is 2.40 bits per heavy atom. The predicted molar refractivity (Wildman–Crippen MR) is 165 cm³/mol. The number of likely N-dealkylation sites (tertiary alicyclic amines) is 1. The van der Waals surface area contributed by atoms with Gasteiger partial charge in [0.25, 0.3) is 23.8 Å². The number of hydrogen-bond acceptors (Lipinski definition) is 6. The number of nitrogens with one attached hydrogen (secondary N) is 2. The van der Waals surface area contributed by atoms with Gasteiger partial charge in [-0.2, -0.15) is 4.98 Å². The molecule has 1 saturated carbocycles. The zero-order chi connectivity index (χ0) is 32.4. The molecule has 1 aromatic carbocycles.